The molecule has 0 radical (unpaired) electrons. The van der Waals surface area contributed by atoms with Gasteiger partial charge in [0.05, 0.1) is 25.4 Å². The molecule has 16 nitrogen and oxygen atoms in total. The van der Waals surface area contributed by atoms with E-state index < -0.39 is 80.2 Å². The first kappa shape index (κ1) is 39.0. The zero-order valence-electron chi connectivity index (χ0n) is 30.4. The van der Waals surface area contributed by atoms with Crippen molar-refractivity contribution in [3.8, 4) is 11.6 Å². The van der Waals surface area contributed by atoms with Gasteiger partial charge in [-0.2, -0.15) is 0 Å². The lowest BCUT2D eigenvalue weighted by Gasteiger charge is -2.31. The van der Waals surface area contributed by atoms with Gasteiger partial charge in [-0.3, -0.25) is 23.9 Å². The van der Waals surface area contributed by atoms with Crippen LogP contribution in [0, 0.1) is 5.92 Å². The van der Waals surface area contributed by atoms with E-state index in [0.29, 0.717) is 24.0 Å². The topological polar surface area (TPSA) is 203 Å². The molecular weight excluding hydrogens is 708 g/mol. The van der Waals surface area contributed by atoms with Crippen LogP contribution in [-0.2, 0) is 33.9 Å². The van der Waals surface area contributed by atoms with Crippen LogP contribution < -0.4 is 24.8 Å². The molecule has 2 aliphatic carbocycles. The summed E-state index contributed by atoms with van der Waals surface area (Å²) >= 11 is 0. The number of ether oxygens (including phenoxy) is 3. The summed E-state index contributed by atoms with van der Waals surface area (Å²) in [6, 6.07) is 4.44. The summed E-state index contributed by atoms with van der Waals surface area (Å²) in [7, 11) is -0.974. The van der Waals surface area contributed by atoms with Gasteiger partial charge in [-0.15, -0.1) is 6.58 Å². The van der Waals surface area contributed by atoms with Gasteiger partial charge < -0.3 is 34.6 Å². The molecule has 53 heavy (non-hydrogen) atoms. The van der Waals surface area contributed by atoms with Gasteiger partial charge in [0.25, 0.3) is 5.91 Å². The van der Waals surface area contributed by atoms with E-state index in [1.165, 1.54) is 22.9 Å². The summed E-state index contributed by atoms with van der Waals surface area (Å²) in [5.74, 6) is -2.64. The van der Waals surface area contributed by atoms with Crippen LogP contribution in [0.3, 0.4) is 0 Å². The fraction of sp³-hybridized carbons (Fsp3) is 0.500. The molecule has 5 atom stereocenters. The van der Waals surface area contributed by atoms with Crippen molar-refractivity contribution in [2.24, 2.45) is 5.92 Å². The van der Waals surface area contributed by atoms with Crippen molar-refractivity contribution >= 4 is 50.5 Å². The lowest BCUT2D eigenvalue weighted by Crippen LogP contribution is -2.60. The van der Waals surface area contributed by atoms with Crippen LogP contribution in [-0.4, -0.2) is 115 Å². The Labute approximate surface area is 308 Å². The second-order valence-corrected chi connectivity index (χ2v) is 16.5. The largest absolute Gasteiger partial charge is 0.497 e. The lowest BCUT2D eigenvalue weighted by atomic mass is 10.1. The third-order valence-corrected chi connectivity index (χ3v) is 11.1. The zero-order valence-corrected chi connectivity index (χ0v) is 31.2. The number of fused-ring (bicyclic) bond motifs is 1. The Morgan fingerprint density at radius 1 is 1.15 bits per heavy atom. The Balaban J connectivity index is 1.46. The molecule has 1 aromatic carbocycles. The monoisotopic (exact) mass is 754 g/mol. The Hall–Kier alpha value is -5.19. The van der Waals surface area contributed by atoms with Gasteiger partial charge in [0.1, 0.15) is 35.1 Å². The number of hydrogen-bond acceptors (Lipinski definition) is 11. The van der Waals surface area contributed by atoms with Crippen molar-refractivity contribution < 1.29 is 46.6 Å². The number of amides is 5. The number of carbonyl (C=O) groups is 5. The second kappa shape index (κ2) is 15.0. The normalized spacial score (nSPS) is 22.9. The van der Waals surface area contributed by atoms with Crippen LogP contribution in [0.1, 0.15) is 46.5 Å². The van der Waals surface area contributed by atoms with E-state index in [1.807, 2.05) is 0 Å². The number of sulfonamides is 1. The summed E-state index contributed by atoms with van der Waals surface area (Å²) in [6.45, 7) is 11.7. The molecule has 3 N–H and O–H groups in total. The molecule has 1 unspecified atom stereocenters. The van der Waals surface area contributed by atoms with Gasteiger partial charge >= 0.3 is 6.09 Å². The first-order valence-corrected chi connectivity index (χ1v) is 18.7. The van der Waals surface area contributed by atoms with E-state index in [-0.39, 0.29) is 31.8 Å². The molecule has 286 valence electrons. The number of alkyl carbamates (subject to hydrolysis) is 1. The highest BCUT2D eigenvalue weighted by molar-refractivity contribution is 7.91. The van der Waals surface area contributed by atoms with Crippen LogP contribution in [0.25, 0.3) is 10.8 Å². The molecule has 1 aliphatic heterocycles. The molecule has 2 saturated carbocycles. The fourth-order valence-corrected chi connectivity index (χ4v) is 7.62. The number of methoxy groups -OCH3 is 1. The summed E-state index contributed by atoms with van der Waals surface area (Å²) in [6.07, 6.45) is 3.21. The zero-order chi connectivity index (χ0) is 38.9. The summed E-state index contributed by atoms with van der Waals surface area (Å²) in [4.78, 5) is 74.3. The fourth-order valence-electron chi connectivity index (χ4n) is 6.26. The van der Waals surface area contributed by atoms with Gasteiger partial charge in [0.15, 0.2) is 0 Å². The maximum absolute atomic E-state index is 14.4. The maximum atomic E-state index is 14.4. The van der Waals surface area contributed by atoms with E-state index in [9.17, 15) is 32.4 Å². The molecule has 1 saturated heterocycles. The third-order valence-electron chi connectivity index (χ3n) is 9.31. The molecule has 17 heteroatoms. The summed E-state index contributed by atoms with van der Waals surface area (Å²) < 4.78 is 44.5. The van der Waals surface area contributed by atoms with Crippen LogP contribution in [0.5, 0.6) is 11.6 Å². The number of carbonyl (C=O) groups excluding carboxylic acids is 5. The minimum Gasteiger partial charge on any atom is -0.497 e. The number of nitrogens with zero attached hydrogens (tertiary/aromatic N) is 3. The van der Waals surface area contributed by atoms with E-state index in [1.54, 1.807) is 58.3 Å². The third kappa shape index (κ3) is 8.89. The van der Waals surface area contributed by atoms with Crippen LogP contribution in [0.4, 0.5) is 4.79 Å². The molecule has 0 spiro atoms. The molecule has 2 heterocycles. The van der Waals surface area contributed by atoms with Crippen LogP contribution >= 0.6 is 0 Å². The Morgan fingerprint density at radius 3 is 2.47 bits per heavy atom. The molecule has 3 aliphatic rings. The summed E-state index contributed by atoms with van der Waals surface area (Å²) in [5, 5.41) is 6.00. The van der Waals surface area contributed by atoms with E-state index in [2.05, 4.69) is 33.5 Å². The van der Waals surface area contributed by atoms with Gasteiger partial charge in [-0.1, -0.05) is 12.7 Å². The quantitative estimate of drug-likeness (QED) is 0.188. The van der Waals surface area contributed by atoms with Gasteiger partial charge in [-0.25, -0.2) is 18.2 Å². The molecule has 5 amide bonds. The van der Waals surface area contributed by atoms with Crippen LogP contribution in [0.2, 0.25) is 0 Å². The lowest BCUT2D eigenvalue weighted by molar-refractivity contribution is -0.141. The minimum absolute atomic E-state index is 0.0663. The number of likely N-dealkylation sites (N-methyl/N-ethyl adjacent to an activating group) is 1. The van der Waals surface area contributed by atoms with Crippen LogP contribution in [0.15, 0.2) is 55.8 Å². The number of hydrogen-bond donors (Lipinski definition) is 3. The predicted octanol–water partition coefficient (Wildman–Crippen LogP) is 1.80. The van der Waals surface area contributed by atoms with Gasteiger partial charge in [0, 0.05) is 31.0 Å². The van der Waals surface area contributed by atoms with Crippen molar-refractivity contribution in [2.45, 2.75) is 81.0 Å². The highest BCUT2D eigenvalue weighted by Crippen LogP contribution is 2.45. The molecule has 2 aromatic rings. The smallest absolute Gasteiger partial charge is 0.408 e. The Morgan fingerprint density at radius 2 is 1.87 bits per heavy atom. The molecular formula is C36H46N6O10S. The molecule has 0 bridgehead atoms. The number of nitrogens with one attached hydrogen (secondary N) is 3. The molecule has 1 aromatic heterocycles. The number of aromatic nitrogens is 1. The standard InChI is InChI=1S/C36H46N6O10S/c1-8-22-18-36(22,33(46)40-53(48,49)25-11-12-25)39-30(44)28-17-24(51-31-26-13-10-23(50-7)16-21(26)14-15-37-31)19-42(28)32(45)27(20-41(6)29(43)9-2)38-34(47)52-35(3,4)5/h8-10,13-16,22,24-25,27-28H,1-2,11-12,17-20H2,3-7H3,(H,38,47)(H,39,44)(H,40,46)/t22-,24?,27+,28+,36-/m1/s1. The van der Waals surface area contributed by atoms with Crippen molar-refractivity contribution in [1.29, 1.82) is 0 Å². The van der Waals surface area contributed by atoms with E-state index >= 15 is 0 Å². The Kier molecular flexibility index (Phi) is 11.1. The predicted molar refractivity (Wildman–Crippen MR) is 193 cm³/mol. The van der Waals surface area contributed by atoms with Crippen molar-refractivity contribution in [2.75, 3.05) is 27.2 Å². The first-order chi connectivity index (χ1) is 24.9. The van der Waals surface area contributed by atoms with Crippen molar-refractivity contribution in [3.63, 3.8) is 0 Å². The average molecular weight is 755 g/mol. The van der Waals surface area contributed by atoms with Gasteiger partial charge in [-0.05, 0) is 75.8 Å². The number of benzene rings is 1. The average Bonchev–Trinajstić information content (AvgIpc) is 4.03. The number of pyridine rings is 1. The Bertz CT molecular complexity index is 1930. The van der Waals surface area contributed by atoms with Crippen molar-refractivity contribution in [1.82, 2.24) is 30.1 Å². The first-order valence-electron chi connectivity index (χ1n) is 17.2. The number of rotatable bonds is 14. The van der Waals surface area contributed by atoms with Gasteiger partial charge in [0.2, 0.25) is 33.6 Å². The highest BCUT2D eigenvalue weighted by Gasteiger charge is 2.62. The SMILES string of the molecule is C=CC(=O)N(C)C[C@H](NC(=O)OC(C)(C)C)C(=O)N1CC(Oc2nccc3cc(OC)ccc23)C[C@H]1C(=O)N[C@]1(C(=O)NS(=O)(=O)C2CC2)C[C@H]1C=C. The van der Waals surface area contributed by atoms with E-state index in [0.717, 1.165) is 11.5 Å². The minimum atomic E-state index is -3.94. The molecule has 5 rings (SSSR count). The van der Waals surface area contributed by atoms with E-state index in [4.69, 9.17) is 14.2 Å². The summed E-state index contributed by atoms with van der Waals surface area (Å²) in [5.41, 5.74) is -2.53. The number of likely N-dealkylation sites (tertiary alicyclic amines) is 1. The highest BCUT2D eigenvalue weighted by atomic mass is 32.2. The van der Waals surface area contributed by atoms with Crippen molar-refractivity contribution in [3.05, 3.63) is 55.8 Å². The second-order valence-electron chi connectivity index (χ2n) is 14.5. The maximum Gasteiger partial charge on any atom is 0.408 e. The molecule has 3 fully saturated rings.